The van der Waals surface area contributed by atoms with E-state index in [0.29, 0.717) is 22.6 Å². The number of hydrogen-bond donors (Lipinski definition) is 3. The molecule has 0 fully saturated rings. The van der Waals surface area contributed by atoms with Gasteiger partial charge in [0.15, 0.2) is 5.76 Å². The lowest BCUT2D eigenvalue weighted by Gasteiger charge is -2.32. The van der Waals surface area contributed by atoms with Crippen molar-refractivity contribution in [2.45, 2.75) is 97.7 Å². The minimum Gasteiger partial charge on any atom is -0.493 e. The number of amides is 4. The SMILES string of the molecule is CCCCCC(C(=O)NCNC(=O)c1ccc(-c2ccc(C(=O)NC(CC(=O)OCc3ccccc3)C(=O)OCc3ccccc3)c(OCC)c2)o1)[C@@H](CC)N(C=O)OC(=O)c1ccc(C(F)(F)F)cc1C. The van der Waals surface area contributed by atoms with Gasteiger partial charge in [0, 0.05) is 5.56 Å². The molecule has 4 amide bonds. The molecule has 16 nitrogen and oxygen atoms in total. The number of unbranched alkanes of at least 4 members (excludes halogenated alkanes) is 2. The molecule has 0 saturated carbocycles. The van der Waals surface area contributed by atoms with Crippen molar-refractivity contribution in [3.05, 3.63) is 148 Å². The first-order chi connectivity index (χ1) is 34.6. The zero-order valence-corrected chi connectivity index (χ0v) is 40.3. The third-order valence-corrected chi connectivity index (χ3v) is 11.3. The number of carbonyl (C=O) groups is 7. The van der Waals surface area contributed by atoms with Crippen LogP contribution in [0.25, 0.3) is 11.3 Å². The molecule has 0 spiro atoms. The number of benzene rings is 4. The number of nitrogens with one attached hydrogen (secondary N) is 3. The largest absolute Gasteiger partial charge is 0.493 e. The van der Waals surface area contributed by atoms with E-state index in [9.17, 15) is 46.7 Å². The second kappa shape index (κ2) is 26.9. The van der Waals surface area contributed by atoms with Crippen LogP contribution in [0.15, 0.2) is 114 Å². The highest BCUT2D eigenvalue weighted by Gasteiger charge is 2.35. The van der Waals surface area contributed by atoms with Gasteiger partial charge in [-0.2, -0.15) is 18.2 Å². The summed E-state index contributed by atoms with van der Waals surface area (Å²) in [5.41, 5.74) is 0.654. The molecule has 0 saturated heterocycles. The molecule has 0 radical (unpaired) electrons. The zero-order valence-electron chi connectivity index (χ0n) is 40.3. The van der Waals surface area contributed by atoms with Crippen molar-refractivity contribution in [2.24, 2.45) is 5.92 Å². The van der Waals surface area contributed by atoms with Gasteiger partial charge in [-0.05, 0) is 85.8 Å². The number of furan rings is 1. The van der Waals surface area contributed by atoms with E-state index in [4.69, 9.17) is 23.5 Å². The molecule has 2 unspecified atom stereocenters. The third kappa shape index (κ3) is 15.8. The van der Waals surface area contributed by atoms with E-state index in [1.54, 1.807) is 68.4 Å². The smallest absolute Gasteiger partial charge is 0.416 e. The van der Waals surface area contributed by atoms with Crippen molar-refractivity contribution in [1.82, 2.24) is 21.0 Å². The molecule has 0 aliphatic heterocycles. The molecule has 0 aliphatic rings. The second-order valence-corrected chi connectivity index (χ2v) is 16.5. The van der Waals surface area contributed by atoms with Gasteiger partial charge in [-0.3, -0.25) is 24.0 Å². The third-order valence-electron chi connectivity index (χ3n) is 11.3. The van der Waals surface area contributed by atoms with E-state index in [2.05, 4.69) is 16.0 Å². The highest BCUT2D eigenvalue weighted by molar-refractivity contribution is 6.00. The molecule has 3 atom stereocenters. The summed E-state index contributed by atoms with van der Waals surface area (Å²) in [5.74, 6) is -5.50. The fourth-order valence-corrected chi connectivity index (χ4v) is 7.54. The molecule has 72 heavy (non-hydrogen) atoms. The van der Waals surface area contributed by atoms with Gasteiger partial charge in [0.05, 0.1) is 48.3 Å². The van der Waals surface area contributed by atoms with Gasteiger partial charge in [0.2, 0.25) is 12.3 Å². The number of ether oxygens (including phenoxy) is 3. The summed E-state index contributed by atoms with van der Waals surface area (Å²) in [4.78, 5) is 97.9. The lowest BCUT2D eigenvalue weighted by atomic mass is 9.90. The molecule has 0 bridgehead atoms. The Hall–Kier alpha value is -7.96. The summed E-state index contributed by atoms with van der Waals surface area (Å²) in [6, 6.07) is 25.2. The predicted octanol–water partition coefficient (Wildman–Crippen LogP) is 8.66. The quantitative estimate of drug-likeness (QED) is 0.0156. The first kappa shape index (κ1) is 55.0. The fraction of sp³-hybridized carbons (Fsp3) is 0.340. The van der Waals surface area contributed by atoms with Gasteiger partial charge in [0.25, 0.3) is 11.8 Å². The molecule has 1 aromatic heterocycles. The first-order valence-electron chi connectivity index (χ1n) is 23.3. The number of alkyl halides is 3. The average molecular weight is 999 g/mol. The minimum absolute atomic E-state index is 0.0151. The summed E-state index contributed by atoms with van der Waals surface area (Å²) in [7, 11) is 0. The summed E-state index contributed by atoms with van der Waals surface area (Å²) in [6.07, 6.45) is -2.39. The van der Waals surface area contributed by atoms with Crippen LogP contribution in [0, 0.1) is 12.8 Å². The van der Waals surface area contributed by atoms with Crippen LogP contribution in [0.3, 0.4) is 0 Å². The van der Waals surface area contributed by atoms with E-state index < -0.39 is 71.8 Å². The van der Waals surface area contributed by atoms with Gasteiger partial charge in [0.1, 0.15) is 30.8 Å². The number of carbonyl (C=O) groups excluding carboxylic acids is 7. The van der Waals surface area contributed by atoms with Crippen LogP contribution >= 0.6 is 0 Å². The van der Waals surface area contributed by atoms with Crippen molar-refractivity contribution < 1.29 is 70.2 Å². The van der Waals surface area contributed by atoms with Crippen molar-refractivity contribution in [2.75, 3.05) is 13.3 Å². The summed E-state index contributed by atoms with van der Waals surface area (Å²) in [6.45, 7) is 6.24. The van der Waals surface area contributed by atoms with Crippen molar-refractivity contribution >= 4 is 42.0 Å². The summed E-state index contributed by atoms with van der Waals surface area (Å²) < 4.78 is 62.3. The van der Waals surface area contributed by atoms with Gasteiger partial charge in [-0.15, -0.1) is 0 Å². The van der Waals surface area contributed by atoms with Gasteiger partial charge >= 0.3 is 24.1 Å². The predicted molar refractivity (Wildman–Crippen MR) is 255 cm³/mol. The van der Waals surface area contributed by atoms with Crippen LogP contribution < -0.4 is 20.7 Å². The number of aryl methyl sites for hydroxylation is 1. The molecule has 19 heteroatoms. The normalized spacial score (nSPS) is 12.3. The molecule has 5 aromatic rings. The highest BCUT2D eigenvalue weighted by Crippen LogP contribution is 2.32. The van der Waals surface area contributed by atoms with Gasteiger partial charge < -0.3 is 39.4 Å². The van der Waals surface area contributed by atoms with Crippen LogP contribution in [0.4, 0.5) is 13.2 Å². The van der Waals surface area contributed by atoms with Gasteiger partial charge in [-0.25, -0.2) is 9.59 Å². The second-order valence-electron chi connectivity index (χ2n) is 16.5. The molecule has 382 valence electrons. The Morgan fingerprint density at radius 1 is 0.764 bits per heavy atom. The Bertz CT molecular complexity index is 2640. The Labute approximate surface area is 414 Å². The molecule has 5 rings (SSSR count). The number of halogens is 3. The van der Waals surface area contributed by atoms with E-state index in [1.165, 1.54) is 37.3 Å². The van der Waals surface area contributed by atoms with Crippen molar-refractivity contribution in [3.8, 4) is 17.1 Å². The highest BCUT2D eigenvalue weighted by atomic mass is 19.4. The van der Waals surface area contributed by atoms with Crippen LogP contribution in [0.2, 0.25) is 0 Å². The topological polar surface area (TPSA) is 209 Å². The lowest BCUT2D eigenvalue weighted by molar-refractivity contribution is -0.171. The van der Waals surface area contributed by atoms with Crippen LogP contribution in [0.5, 0.6) is 5.75 Å². The molecular formula is C53H57F3N4O12. The lowest BCUT2D eigenvalue weighted by Crippen LogP contribution is -2.49. The Morgan fingerprint density at radius 3 is 2.04 bits per heavy atom. The summed E-state index contributed by atoms with van der Waals surface area (Å²) in [5, 5.41) is 8.49. The van der Waals surface area contributed by atoms with E-state index in [-0.39, 0.29) is 79.7 Å². The van der Waals surface area contributed by atoms with E-state index in [0.717, 1.165) is 36.6 Å². The number of rotatable bonds is 26. The monoisotopic (exact) mass is 998 g/mol. The molecule has 3 N–H and O–H groups in total. The Morgan fingerprint density at radius 2 is 1.43 bits per heavy atom. The van der Waals surface area contributed by atoms with Crippen LogP contribution in [0.1, 0.15) is 113 Å². The standard InChI is InChI=1S/C53H57F3N4O12/c1-5-8-11-20-40(43(6-2)60(33-61)72-51(66)39-24-22-38(27-34(39)4)53(54,55)56)48(63)57-32-58-50(65)45-26-25-44(71-45)37-21-23-41(46(28-37)68-7-3)49(64)59-42(52(67)70-31-36-18-14-10-15-19-36)29-47(62)69-30-35-16-12-9-13-17-35/h9-10,12-19,21-28,33,40,42-43H,5-8,11,20,29-32H2,1-4H3,(H,57,63)(H,58,65)(H,59,64)/t40?,42?,43-/m1/s1. The zero-order chi connectivity index (χ0) is 52.2. The van der Waals surface area contributed by atoms with Crippen molar-refractivity contribution in [3.63, 3.8) is 0 Å². The maximum absolute atomic E-state index is 13.8. The molecule has 0 aliphatic carbocycles. The minimum atomic E-state index is -4.64. The van der Waals surface area contributed by atoms with Crippen LogP contribution in [-0.2, 0) is 52.9 Å². The number of hydroxylamine groups is 2. The number of esters is 2. The molecular weight excluding hydrogens is 942 g/mol. The van der Waals surface area contributed by atoms with E-state index >= 15 is 0 Å². The summed E-state index contributed by atoms with van der Waals surface area (Å²) >= 11 is 0. The number of nitrogens with zero attached hydrogens (tertiary/aromatic N) is 1. The van der Waals surface area contributed by atoms with E-state index in [1.807, 2.05) is 13.0 Å². The maximum atomic E-state index is 13.8. The maximum Gasteiger partial charge on any atom is 0.416 e. The van der Waals surface area contributed by atoms with Crippen LogP contribution in [-0.4, -0.2) is 72.5 Å². The molecule has 4 aromatic carbocycles. The first-order valence-corrected chi connectivity index (χ1v) is 23.3. The Balaban J connectivity index is 1.23. The molecule has 1 heterocycles. The number of hydrogen-bond acceptors (Lipinski definition) is 12. The fourth-order valence-electron chi connectivity index (χ4n) is 7.54. The van der Waals surface area contributed by atoms with Gasteiger partial charge in [-0.1, -0.05) is 99.8 Å². The van der Waals surface area contributed by atoms with Crippen molar-refractivity contribution in [1.29, 1.82) is 0 Å². The average Bonchev–Trinajstić information content (AvgIpc) is 3.88. The Kier molecular flexibility index (Phi) is 20.5.